The van der Waals surface area contributed by atoms with Crippen LogP contribution >= 0.6 is 0 Å². The first-order chi connectivity index (χ1) is 10.7. The summed E-state index contributed by atoms with van der Waals surface area (Å²) in [5.74, 6) is 4.60. The van der Waals surface area contributed by atoms with Crippen molar-refractivity contribution in [2.45, 2.75) is 58.3 Å². The third-order valence-corrected chi connectivity index (χ3v) is 5.82. The maximum atomic E-state index is 5.62. The van der Waals surface area contributed by atoms with Gasteiger partial charge < -0.3 is 22.9 Å². The van der Waals surface area contributed by atoms with Crippen molar-refractivity contribution in [3.63, 3.8) is 0 Å². The second-order valence-corrected chi connectivity index (χ2v) is 7.44. The molecule has 0 amide bonds. The Labute approximate surface area is 137 Å². The molecule has 3 saturated carbocycles. The minimum absolute atomic E-state index is 0.750. The highest BCUT2D eigenvalue weighted by molar-refractivity contribution is 4.90. The van der Waals surface area contributed by atoms with E-state index in [1.165, 1.54) is 51.4 Å². The third-order valence-electron chi connectivity index (χ3n) is 5.82. The quantitative estimate of drug-likeness (QED) is 0.640. The molecule has 8 N–H and O–H groups in total. The lowest BCUT2D eigenvalue weighted by Gasteiger charge is -2.26. The van der Waals surface area contributed by atoms with Crippen molar-refractivity contribution in [3.05, 3.63) is 0 Å². The summed E-state index contributed by atoms with van der Waals surface area (Å²) in [6, 6.07) is 0. The van der Waals surface area contributed by atoms with Gasteiger partial charge in [0, 0.05) is 0 Å². The zero-order valence-electron chi connectivity index (χ0n) is 14.7. The number of rotatable bonds is 3. The van der Waals surface area contributed by atoms with Gasteiger partial charge in [0.15, 0.2) is 0 Å². The molecule has 0 aromatic carbocycles. The number of hydrogen-bond acceptors (Lipinski definition) is 4. The van der Waals surface area contributed by atoms with E-state index in [9.17, 15) is 0 Å². The Kier molecular flexibility index (Phi) is 10.3. The molecule has 3 rings (SSSR count). The van der Waals surface area contributed by atoms with E-state index < -0.39 is 0 Å². The Bertz CT molecular complexity index is 252. The molecular weight excluding hydrogens is 272 g/mol. The van der Waals surface area contributed by atoms with Gasteiger partial charge in [-0.25, -0.2) is 0 Å². The molecule has 0 heterocycles. The van der Waals surface area contributed by atoms with Crippen molar-refractivity contribution in [1.82, 2.24) is 0 Å². The van der Waals surface area contributed by atoms with Crippen molar-refractivity contribution in [2.75, 3.05) is 26.2 Å². The van der Waals surface area contributed by atoms with E-state index in [1.54, 1.807) is 0 Å². The van der Waals surface area contributed by atoms with Gasteiger partial charge in [-0.15, -0.1) is 0 Å². The lowest BCUT2D eigenvalue weighted by atomic mass is 9.82. The summed E-state index contributed by atoms with van der Waals surface area (Å²) in [4.78, 5) is 0. The van der Waals surface area contributed by atoms with Gasteiger partial charge in [0.05, 0.1) is 0 Å². The average molecular weight is 313 g/mol. The minimum atomic E-state index is 0.750. The molecule has 2 bridgehead atoms. The molecule has 4 nitrogen and oxygen atoms in total. The first-order valence-corrected chi connectivity index (χ1v) is 9.48. The molecule has 22 heavy (non-hydrogen) atoms. The van der Waals surface area contributed by atoms with Gasteiger partial charge in [0.1, 0.15) is 0 Å². The van der Waals surface area contributed by atoms with Crippen LogP contribution in [-0.2, 0) is 0 Å². The van der Waals surface area contributed by atoms with E-state index >= 15 is 0 Å². The Morgan fingerprint density at radius 3 is 1.41 bits per heavy atom. The predicted octanol–water partition coefficient (Wildman–Crippen LogP) is 2.06. The van der Waals surface area contributed by atoms with Gasteiger partial charge in [-0.2, -0.15) is 0 Å². The molecule has 0 saturated heterocycles. The molecule has 0 radical (unpaired) electrons. The van der Waals surface area contributed by atoms with E-state index in [0.717, 1.165) is 55.8 Å². The first-order valence-electron chi connectivity index (χ1n) is 9.48. The topological polar surface area (TPSA) is 104 Å². The Morgan fingerprint density at radius 2 is 1.18 bits per heavy atom. The largest absolute Gasteiger partial charge is 0.331 e. The summed E-state index contributed by atoms with van der Waals surface area (Å²) in [5.41, 5.74) is 21.6. The predicted molar refractivity (Wildman–Crippen MR) is 96.3 cm³/mol. The molecule has 132 valence electrons. The molecule has 3 atom stereocenters. The van der Waals surface area contributed by atoms with Crippen LogP contribution in [0.25, 0.3) is 0 Å². The fourth-order valence-electron chi connectivity index (χ4n) is 4.37. The van der Waals surface area contributed by atoms with E-state index in [1.807, 2.05) is 6.92 Å². The fraction of sp³-hybridized carbons (Fsp3) is 1.00. The monoisotopic (exact) mass is 312 g/mol. The van der Waals surface area contributed by atoms with Gasteiger partial charge in [-0.05, 0) is 101 Å². The van der Waals surface area contributed by atoms with Crippen molar-refractivity contribution in [3.8, 4) is 0 Å². The molecule has 3 aliphatic carbocycles. The van der Waals surface area contributed by atoms with Gasteiger partial charge in [-0.3, -0.25) is 0 Å². The summed E-state index contributed by atoms with van der Waals surface area (Å²) >= 11 is 0. The SMILES string of the molecule is CCN.NCC1CC2CCC1C2.NCC1CCC(CN)CC1. The lowest BCUT2D eigenvalue weighted by molar-refractivity contribution is 0.285. The van der Waals surface area contributed by atoms with Crippen LogP contribution in [-0.4, -0.2) is 26.2 Å². The molecule has 0 aromatic rings. The highest BCUT2D eigenvalue weighted by Gasteiger charge is 2.38. The fourth-order valence-corrected chi connectivity index (χ4v) is 4.37. The number of fused-ring (bicyclic) bond motifs is 2. The van der Waals surface area contributed by atoms with Crippen LogP contribution in [0.3, 0.4) is 0 Å². The van der Waals surface area contributed by atoms with Crippen LogP contribution in [0.15, 0.2) is 0 Å². The second-order valence-electron chi connectivity index (χ2n) is 7.44. The lowest BCUT2D eigenvalue weighted by Crippen LogP contribution is -2.25. The van der Waals surface area contributed by atoms with Crippen LogP contribution < -0.4 is 22.9 Å². The van der Waals surface area contributed by atoms with Crippen molar-refractivity contribution < 1.29 is 0 Å². The Balaban J connectivity index is 0.000000188. The Morgan fingerprint density at radius 1 is 0.682 bits per heavy atom. The molecule has 3 fully saturated rings. The normalized spacial score (nSPS) is 36.1. The van der Waals surface area contributed by atoms with Gasteiger partial charge >= 0.3 is 0 Å². The van der Waals surface area contributed by atoms with Gasteiger partial charge in [0.2, 0.25) is 0 Å². The highest BCUT2D eigenvalue weighted by atomic mass is 14.6. The van der Waals surface area contributed by atoms with E-state index in [2.05, 4.69) is 0 Å². The molecule has 0 aromatic heterocycles. The first kappa shape index (κ1) is 19.9. The van der Waals surface area contributed by atoms with Crippen LogP contribution in [0.1, 0.15) is 58.3 Å². The van der Waals surface area contributed by atoms with Crippen molar-refractivity contribution >= 4 is 0 Å². The molecule has 4 heteroatoms. The van der Waals surface area contributed by atoms with Crippen molar-refractivity contribution in [1.29, 1.82) is 0 Å². The zero-order valence-corrected chi connectivity index (χ0v) is 14.7. The smallest absolute Gasteiger partial charge is 0.00461 e. The summed E-state index contributed by atoms with van der Waals surface area (Å²) in [5, 5.41) is 0. The third kappa shape index (κ3) is 6.53. The average Bonchev–Trinajstić information content (AvgIpc) is 3.19. The standard InChI is InChI=1S/C8H18N2.C8H15N.C2H7N/c9-5-7-1-2-8(6-10)4-3-7;9-5-8-4-6-1-2-7(8)3-6;1-2-3/h7-8H,1-6,9-10H2;6-8H,1-5,9H2;2-3H2,1H3. The summed E-state index contributed by atoms with van der Waals surface area (Å²) in [7, 11) is 0. The second kappa shape index (κ2) is 11.4. The molecule has 3 aliphatic rings. The maximum absolute atomic E-state index is 5.62. The van der Waals surface area contributed by atoms with Crippen LogP contribution in [0, 0.1) is 29.6 Å². The summed E-state index contributed by atoms with van der Waals surface area (Å²) < 4.78 is 0. The molecule has 3 unspecified atom stereocenters. The van der Waals surface area contributed by atoms with Crippen LogP contribution in [0.5, 0.6) is 0 Å². The van der Waals surface area contributed by atoms with E-state index in [4.69, 9.17) is 22.9 Å². The maximum Gasteiger partial charge on any atom is -0.00461 e. The van der Waals surface area contributed by atoms with Crippen LogP contribution in [0.4, 0.5) is 0 Å². The van der Waals surface area contributed by atoms with E-state index in [-0.39, 0.29) is 0 Å². The van der Waals surface area contributed by atoms with Crippen molar-refractivity contribution in [2.24, 2.45) is 52.5 Å². The van der Waals surface area contributed by atoms with Crippen LogP contribution in [0.2, 0.25) is 0 Å². The number of nitrogens with two attached hydrogens (primary N) is 4. The molecule has 0 aliphatic heterocycles. The minimum Gasteiger partial charge on any atom is -0.331 e. The summed E-state index contributed by atoms with van der Waals surface area (Å²) in [6.07, 6.45) is 11.1. The zero-order chi connectivity index (χ0) is 16.4. The van der Waals surface area contributed by atoms with E-state index in [0.29, 0.717) is 0 Å². The highest BCUT2D eigenvalue weighted by Crippen LogP contribution is 2.47. The molecular formula is C18H40N4. The van der Waals surface area contributed by atoms with Gasteiger partial charge in [0.25, 0.3) is 0 Å². The number of hydrogen-bond donors (Lipinski definition) is 4. The summed E-state index contributed by atoms with van der Waals surface area (Å²) in [6.45, 7) is 5.34. The van der Waals surface area contributed by atoms with Gasteiger partial charge in [-0.1, -0.05) is 13.3 Å². The Hall–Kier alpha value is -0.160. The molecule has 0 spiro atoms.